The number of nitrogens with two attached hydrogens (primary N) is 1. The molecule has 0 radical (unpaired) electrons. The average molecular weight is 418 g/mol. The van der Waals surface area contributed by atoms with Gasteiger partial charge in [-0.25, -0.2) is 9.18 Å². The van der Waals surface area contributed by atoms with Crippen molar-refractivity contribution in [2.45, 2.75) is 13.5 Å². The molecule has 0 atom stereocenters. The first-order valence-corrected chi connectivity index (χ1v) is 8.97. The zero-order chi connectivity index (χ0) is 21.7. The van der Waals surface area contributed by atoms with Gasteiger partial charge < -0.3 is 20.5 Å². The highest BCUT2D eigenvalue weighted by Gasteiger charge is 2.32. The number of nitrogen functional groups attached to an aromatic ring is 1. The first kappa shape index (κ1) is 20.8. The molecule has 1 amide bonds. The SMILES string of the molecule is CCOC(=O)N1Cc2ccc(F)c(c2)OC/C=C\CNc2nc(N)c([N+](=O)[O-])c1n2. The number of carbonyl (C=O) groups excluding carboxylic acids is 1. The van der Waals surface area contributed by atoms with Crippen molar-refractivity contribution in [1.82, 2.24) is 9.97 Å². The molecule has 30 heavy (non-hydrogen) atoms. The van der Waals surface area contributed by atoms with Gasteiger partial charge in [0, 0.05) is 6.54 Å². The Bertz CT molecular complexity index is 999. The van der Waals surface area contributed by atoms with Crippen molar-refractivity contribution in [2.24, 2.45) is 0 Å². The van der Waals surface area contributed by atoms with E-state index >= 15 is 0 Å². The molecule has 11 nitrogen and oxygen atoms in total. The van der Waals surface area contributed by atoms with Crippen LogP contribution in [0.2, 0.25) is 0 Å². The molecule has 3 rings (SSSR count). The summed E-state index contributed by atoms with van der Waals surface area (Å²) in [4.78, 5) is 32.5. The summed E-state index contributed by atoms with van der Waals surface area (Å²) in [7, 11) is 0. The number of carbonyl (C=O) groups is 1. The summed E-state index contributed by atoms with van der Waals surface area (Å²) in [5.41, 5.74) is 5.58. The molecule has 158 valence electrons. The van der Waals surface area contributed by atoms with E-state index in [1.165, 1.54) is 18.2 Å². The number of nitrogens with one attached hydrogen (secondary N) is 1. The van der Waals surface area contributed by atoms with Gasteiger partial charge in [0.25, 0.3) is 0 Å². The van der Waals surface area contributed by atoms with Crippen LogP contribution in [0.15, 0.2) is 30.4 Å². The van der Waals surface area contributed by atoms with Crippen molar-refractivity contribution in [2.75, 3.05) is 35.7 Å². The molecule has 3 N–H and O–H groups in total. The Morgan fingerprint density at radius 3 is 2.97 bits per heavy atom. The molecule has 1 aromatic carbocycles. The van der Waals surface area contributed by atoms with Gasteiger partial charge in [-0.15, -0.1) is 0 Å². The van der Waals surface area contributed by atoms with E-state index < -0.39 is 28.3 Å². The lowest BCUT2D eigenvalue weighted by atomic mass is 10.2. The molecule has 0 saturated carbocycles. The number of hydrogen-bond donors (Lipinski definition) is 2. The Hall–Kier alpha value is -3.96. The highest BCUT2D eigenvalue weighted by Crippen LogP contribution is 2.34. The second kappa shape index (κ2) is 9.03. The number of nitrogens with zero attached hydrogens (tertiary/aromatic N) is 4. The Labute approximate surface area is 170 Å². The number of anilines is 3. The average Bonchev–Trinajstić information content (AvgIpc) is 2.69. The summed E-state index contributed by atoms with van der Waals surface area (Å²) in [6, 6.07) is 4.00. The lowest BCUT2D eigenvalue weighted by molar-refractivity contribution is -0.383. The molecule has 0 unspecified atom stereocenters. The predicted octanol–water partition coefficient (Wildman–Crippen LogP) is 2.63. The van der Waals surface area contributed by atoms with E-state index in [9.17, 15) is 19.3 Å². The normalized spacial score (nSPS) is 14.7. The van der Waals surface area contributed by atoms with E-state index in [4.69, 9.17) is 15.2 Å². The van der Waals surface area contributed by atoms with E-state index in [0.717, 1.165) is 4.90 Å². The van der Waals surface area contributed by atoms with Crippen LogP contribution in [0.1, 0.15) is 12.5 Å². The second-order valence-electron chi connectivity index (χ2n) is 6.07. The van der Waals surface area contributed by atoms with Crippen molar-refractivity contribution in [1.29, 1.82) is 0 Å². The maximum absolute atomic E-state index is 14.1. The molecule has 2 aromatic rings. The van der Waals surface area contributed by atoms with Gasteiger partial charge in [-0.1, -0.05) is 12.1 Å². The van der Waals surface area contributed by atoms with E-state index in [-0.39, 0.29) is 43.8 Å². The third-order valence-corrected chi connectivity index (χ3v) is 4.04. The minimum atomic E-state index is -0.886. The summed E-state index contributed by atoms with van der Waals surface area (Å²) in [5.74, 6) is -1.38. The van der Waals surface area contributed by atoms with Crippen molar-refractivity contribution in [3.05, 3.63) is 51.8 Å². The molecular weight excluding hydrogens is 399 g/mol. The number of halogens is 1. The summed E-state index contributed by atoms with van der Waals surface area (Å²) >= 11 is 0. The molecule has 1 aromatic heterocycles. The standard InChI is InChI=1S/C18H19FN6O5/c1-2-29-18(26)24-10-11-5-6-12(19)13(9-11)30-8-4-3-7-21-17-22-15(20)14(25(27)28)16(24)23-17/h3-6,9H,2,7-8,10H2,1H3,(H3,20,21,22,23)/b4-3-. The van der Waals surface area contributed by atoms with Crippen LogP contribution in [-0.2, 0) is 11.3 Å². The fraction of sp³-hybridized carbons (Fsp3) is 0.278. The number of nitro groups is 1. The molecule has 1 aliphatic heterocycles. The van der Waals surface area contributed by atoms with Crippen molar-refractivity contribution >= 4 is 29.4 Å². The number of rotatable bonds is 2. The molecule has 1 aliphatic rings. The van der Waals surface area contributed by atoms with Crippen LogP contribution >= 0.6 is 0 Å². The summed E-state index contributed by atoms with van der Waals surface area (Å²) in [5, 5.41) is 14.5. The monoisotopic (exact) mass is 418 g/mol. The van der Waals surface area contributed by atoms with Gasteiger partial charge in [0.2, 0.25) is 17.6 Å². The fourth-order valence-corrected chi connectivity index (χ4v) is 2.71. The minimum absolute atomic E-state index is 0.00942. The number of amides is 1. The maximum Gasteiger partial charge on any atom is 0.415 e. The summed E-state index contributed by atoms with van der Waals surface area (Å²) < 4.78 is 24.5. The molecule has 0 saturated heterocycles. The van der Waals surface area contributed by atoms with E-state index in [1.807, 2.05) is 0 Å². The minimum Gasteiger partial charge on any atom is -0.486 e. The highest BCUT2D eigenvalue weighted by atomic mass is 19.1. The van der Waals surface area contributed by atoms with Crippen molar-refractivity contribution in [3.63, 3.8) is 0 Å². The molecule has 2 heterocycles. The second-order valence-corrected chi connectivity index (χ2v) is 6.07. The van der Waals surface area contributed by atoms with E-state index in [0.29, 0.717) is 5.56 Å². The zero-order valence-corrected chi connectivity index (χ0v) is 16.0. The Kier molecular flexibility index (Phi) is 6.25. The Morgan fingerprint density at radius 1 is 1.43 bits per heavy atom. The smallest absolute Gasteiger partial charge is 0.415 e. The maximum atomic E-state index is 14.1. The largest absolute Gasteiger partial charge is 0.486 e. The number of ether oxygens (including phenoxy) is 2. The highest BCUT2D eigenvalue weighted by molar-refractivity contribution is 5.91. The first-order valence-electron chi connectivity index (χ1n) is 8.97. The molecule has 12 heteroatoms. The Balaban J connectivity index is 2.18. The fourth-order valence-electron chi connectivity index (χ4n) is 2.71. The van der Waals surface area contributed by atoms with E-state index in [2.05, 4.69) is 15.3 Å². The predicted molar refractivity (Wildman–Crippen MR) is 106 cm³/mol. The lowest BCUT2D eigenvalue weighted by Crippen LogP contribution is -2.33. The molecular formula is C18H19FN6O5. The van der Waals surface area contributed by atoms with Crippen LogP contribution in [0.3, 0.4) is 0 Å². The number of fused-ring (bicyclic) bond motifs is 4. The van der Waals surface area contributed by atoms with Gasteiger partial charge in [0.05, 0.1) is 18.1 Å². The summed E-state index contributed by atoms with van der Waals surface area (Å²) in [6.07, 6.45) is 2.45. The summed E-state index contributed by atoms with van der Waals surface area (Å²) in [6.45, 7) is 1.76. The molecule has 0 aliphatic carbocycles. The van der Waals surface area contributed by atoms with Gasteiger partial charge >= 0.3 is 11.8 Å². The van der Waals surface area contributed by atoms with Crippen LogP contribution in [0, 0.1) is 15.9 Å². The third kappa shape index (κ3) is 4.54. The zero-order valence-electron chi connectivity index (χ0n) is 16.0. The lowest BCUT2D eigenvalue weighted by Gasteiger charge is -2.22. The van der Waals surface area contributed by atoms with Crippen molar-refractivity contribution < 1.29 is 23.6 Å². The number of aromatic nitrogens is 2. The van der Waals surface area contributed by atoms with Gasteiger partial charge in [-0.05, 0) is 30.7 Å². The van der Waals surface area contributed by atoms with Crippen LogP contribution in [0.5, 0.6) is 5.75 Å². The van der Waals surface area contributed by atoms with Crippen LogP contribution < -0.4 is 20.7 Å². The van der Waals surface area contributed by atoms with Gasteiger partial charge in [-0.2, -0.15) is 9.97 Å². The first-order chi connectivity index (χ1) is 14.4. The van der Waals surface area contributed by atoms with Gasteiger partial charge in [-0.3, -0.25) is 15.0 Å². The van der Waals surface area contributed by atoms with Crippen molar-refractivity contribution in [3.8, 4) is 5.75 Å². The van der Waals surface area contributed by atoms with Crippen LogP contribution in [-0.4, -0.2) is 40.7 Å². The van der Waals surface area contributed by atoms with Crippen LogP contribution in [0.4, 0.5) is 32.5 Å². The topological polar surface area (TPSA) is 146 Å². The molecule has 0 fully saturated rings. The van der Waals surface area contributed by atoms with Crippen LogP contribution in [0.25, 0.3) is 0 Å². The number of hydrogen-bond acceptors (Lipinski definition) is 9. The molecule has 0 spiro atoms. The van der Waals surface area contributed by atoms with Gasteiger partial charge in [0.1, 0.15) is 6.61 Å². The third-order valence-electron chi connectivity index (χ3n) is 4.04. The van der Waals surface area contributed by atoms with Gasteiger partial charge in [0.15, 0.2) is 11.6 Å². The molecule has 4 bridgehead atoms. The van der Waals surface area contributed by atoms with E-state index in [1.54, 1.807) is 19.1 Å². The quantitative estimate of drug-likeness (QED) is 0.427. The number of benzene rings is 1. The Morgan fingerprint density at radius 2 is 2.23 bits per heavy atom.